The zero-order valence-corrected chi connectivity index (χ0v) is 72.1. The zero-order chi connectivity index (χ0) is 80.8. The molecule has 0 aromatic carbocycles. The highest BCUT2D eigenvalue weighted by Crippen LogP contribution is 2.45. The molecule has 0 aliphatic carbocycles. The first kappa shape index (κ1) is 107. The predicted molar refractivity (Wildman–Crippen MR) is 463 cm³/mol. The van der Waals surface area contributed by atoms with Crippen molar-refractivity contribution in [1.82, 2.24) is 0 Å². The quantitative estimate of drug-likeness (QED) is 0.0146. The van der Waals surface area contributed by atoms with Crippen molar-refractivity contribution in [2.75, 3.05) is 39.6 Å². The number of aliphatic hydroxyl groups is 2. The molecule has 640 valence electrons. The van der Waals surface area contributed by atoms with Crippen LogP contribution in [0.25, 0.3) is 0 Å². The highest BCUT2D eigenvalue weighted by molar-refractivity contribution is 7.47. The van der Waals surface area contributed by atoms with E-state index in [1.165, 1.54) is 180 Å². The minimum atomic E-state index is -4.94. The number of phosphoric acid groups is 2. The summed E-state index contributed by atoms with van der Waals surface area (Å²) in [5, 5.41) is 20.7. The van der Waals surface area contributed by atoms with Crippen LogP contribution in [0.1, 0.15) is 380 Å². The Balaban J connectivity index is 4.42. The number of unbranched alkanes of at least 4 members (excludes halogenated alkanes) is 39. The van der Waals surface area contributed by atoms with Gasteiger partial charge in [-0.2, -0.15) is 0 Å². The largest absolute Gasteiger partial charge is 0.472 e. The summed E-state index contributed by atoms with van der Waals surface area (Å²) in [6.45, 7) is 2.50. The van der Waals surface area contributed by atoms with E-state index in [2.05, 4.69) is 154 Å². The molecule has 0 aliphatic rings. The SMILES string of the molecule is CC/C=C\C/C=C\C/C=C\C/C=C\C/C=C\CCCCCCCCCCCCCCCCCC(=O)OCC(O)COP(=O)(O)OCC(O)COP(=O)(O)OCC(COC(=O)CCCCCCCCCCCCCCCCC/C=C\C/C=C\C/C=C\C/C=C\CCCCC)OC(=O)CCCCCCC/C=C\C/C=C\CCC. The molecule has 0 aliphatic heterocycles. The van der Waals surface area contributed by atoms with E-state index < -0.39 is 91.5 Å². The summed E-state index contributed by atoms with van der Waals surface area (Å²) in [7, 11) is -9.80. The van der Waals surface area contributed by atoms with E-state index >= 15 is 0 Å². The molecule has 4 N–H and O–H groups in total. The summed E-state index contributed by atoms with van der Waals surface area (Å²) in [6.07, 6.45) is 105. The molecule has 5 unspecified atom stereocenters. The summed E-state index contributed by atoms with van der Waals surface area (Å²) in [5.41, 5.74) is 0. The van der Waals surface area contributed by atoms with Gasteiger partial charge >= 0.3 is 33.6 Å². The second-order valence-electron chi connectivity index (χ2n) is 29.7. The van der Waals surface area contributed by atoms with Gasteiger partial charge in [0.1, 0.15) is 25.4 Å². The third-order valence-corrected chi connectivity index (χ3v) is 20.7. The highest BCUT2D eigenvalue weighted by atomic mass is 31.2. The van der Waals surface area contributed by atoms with Gasteiger partial charge < -0.3 is 34.2 Å². The lowest BCUT2D eigenvalue weighted by Crippen LogP contribution is -2.30. The first-order valence-electron chi connectivity index (χ1n) is 44.5. The monoisotopic (exact) mass is 1600 g/mol. The minimum Gasteiger partial charge on any atom is -0.463 e. The van der Waals surface area contributed by atoms with Crippen LogP contribution in [0.2, 0.25) is 0 Å². The lowest BCUT2D eigenvalue weighted by atomic mass is 10.0. The van der Waals surface area contributed by atoms with Crippen LogP contribution in [0.3, 0.4) is 0 Å². The van der Waals surface area contributed by atoms with Crippen molar-refractivity contribution < 1.29 is 75.8 Å². The molecule has 0 aromatic heterocycles. The molecule has 0 rings (SSSR count). The molecular formula is C93H162O16P2. The van der Waals surface area contributed by atoms with Gasteiger partial charge in [0.05, 0.1) is 26.4 Å². The van der Waals surface area contributed by atoms with E-state index in [0.717, 1.165) is 141 Å². The van der Waals surface area contributed by atoms with Gasteiger partial charge in [-0.3, -0.25) is 32.5 Å². The maximum Gasteiger partial charge on any atom is 0.472 e. The van der Waals surface area contributed by atoms with Gasteiger partial charge in [-0.15, -0.1) is 0 Å². The summed E-state index contributed by atoms with van der Waals surface area (Å²) in [4.78, 5) is 58.8. The number of carbonyl (C=O) groups is 3. The van der Waals surface area contributed by atoms with Crippen molar-refractivity contribution in [3.8, 4) is 0 Å². The minimum absolute atomic E-state index is 0.0882. The zero-order valence-electron chi connectivity index (χ0n) is 70.4. The maximum atomic E-state index is 13.0. The Morgan fingerprint density at radius 1 is 0.261 bits per heavy atom. The van der Waals surface area contributed by atoms with Gasteiger partial charge in [-0.05, 0) is 135 Å². The Hall–Kier alpha value is -4.31. The van der Waals surface area contributed by atoms with Crippen LogP contribution in [-0.2, 0) is 55.8 Å². The molecule has 5 atom stereocenters. The third-order valence-electron chi connectivity index (χ3n) is 18.8. The van der Waals surface area contributed by atoms with Crippen molar-refractivity contribution in [3.63, 3.8) is 0 Å². The molecule has 0 aromatic rings. The summed E-state index contributed by atoms with van der Waals surface area (Å²) in [6, 6.07) is 0. The van der Waals surface area contributed by atoms with E-state index in [1.807, 2.05) is 0 Å². The first-order valence-corrected chi connectivity index (χ1v) is 47.5. The fourth-order valence-electron chi connectivity index (χ4n) is 12.1. The smallest absolute Gasteiger partial charge is 0.463 e. The van der Waals surface area contributed by atoms with Crippen LogP contribution in [-0.4, -0.2) is 95.9 Å². The van der Waals surface area contributed by atoms with Crippen LogP contribution >= 0.6 is 15.6 Å². The number of rotatable bonds is 84. The second-order valence-corrected chi connectivity index (χ2v) is 32.6. The van der Waals surface area contributed by atoms with Crippen molar-refractivity contribution >= 4 is 33.6 Å². The average Bonchev–Trinajstić information content (AvgIpc) is 0.928. The molecule has 0 heterocycles. The van der Waals surface area contributed by atoms with Crippen LogP contribution in [0.5, 0.6) is 0 Å². The van der Waals surface area contributed by atoms with Crippen LogP contribution < -0.4 is 0 Å². The number of esters is 3. The third kappa shape index (κ3) is 86.4. The Labute approximate surface area is 677 Å². The lowest BCUT2D eigenvalue weighted by Gasteiger charge is -2.21. The van der Waals surface area contributed by atoms with Crippen molar-refractivity contribution in [3.05, 3.63) is 134 Å². The molecule has 0 spiro atoms. The number of hydrogen-bond donors (Lipinski definition) is 4. The van der Waals surface area contributed by atoms with Crippen LogP contribution in [0.4, 0.5) is 0 Å². The number of hydrogen-bond acceptors (Lipinski definition) is 14. The van der Waals surface area contributed by atoms with E-state index in [-0.39, 0.29) is 19.3 Å². The Bertz CT molecular complexity index is 2550. The molecule has 0 bridgehead atoms. The normalized spacial score (nSPS) is 14.5. The molecule has 16 nitrogen and oxygen atoms in total. The number of carbonyl (C=O) groups excluding carboxylic acids is 3. The lowest BCUT2D eigenvalue weighted by molar-refractivity contribution is -0.161. The highest BCUT2D eigenvalue weighted by Gasteiger charge is 2.29. The topological polar surface area (TPSA) is 231 Å². The van der Waals surface area contributed by atoms with E-state index in [0.29, 0.717) is 19.3 Å². The van der Waals surface area contributed by atoms with Crippen molar-refractivity contribution in [2.45, 2.75) is 399 Å². The molecular weight excluding hydrogens is 1430 g/mol. The molecule has 0 radical (unpaired) electrons. The van der Waals surface area contributed by atoms with Gasteiger partial charge in [0, 0.05) is 19.3 Å². The standard InChI is InChI=1S/C93H162O16P2/c1-4-7-10-13-16-19-22-25-27-29-31-33-35-37-39-41-43-45-47-49-51-53-55-57-59-62-64-67-70-73-76-79-91(96)103-82-88(94)83-105-110(99,100)106-84-89(95)85-107-111(101,102)108-87-90(109-93(98)81-78-75-72-69-66-61-24-21-18-15-12-9-6-3)86-104-92(97)80-77-74-71-68-65-63-60-58-56-54-52-50-48-46-44-42-40-38-36-34-32-30-28-26-23-20-17-14-11-8-5-2/h7,10,12,15-17,19-21,24-28,31-34,37-40,88-90,94-95H,4-6,8-9,11,13-14,18,22-23,29-30,35-36,41-87H2,1-3H3,(H,99,100)(H,101,102)/b10-7-,15-12-,19-16-,20-17-,24-21-,27-25-,28-26-,33-31-,34-32-,39-37-,40-38-. The Morgan fingerprint density at radius 2 is 0.495 bits per heavy atom. The summed E-state index contributed by atoms with van der Waals surface area (Å²) in [5.74, 6) is -1.58. The van der Waals surface area contributed by atoms with E-state index in [4.69, 9.17) is 32.3 Å². The average molecular weight is 1600 g/mol. The number of allylic oxidation sites excluding steroid dienone is 22. The van der Waals surface area contributed by atoms with Gasteiger partial charge in [0.2, 0.25) is 0 Å². The van der Waals surface area contributed by atoms with Gasteiger partial charge in [0.25, 0.3) is 0 Å². The summed E-state index contributed by atoms with van der Waals surface area (Å²) >= 11 is 0. The number of aliphatic hydroxyl groups excluding tert-OH is 2. The molecule has 0 saturated carbocycles. The van der Waals surface area contributed by atoms with Gasteiger partial charge in [-0.1, -0.05) is 360 Å². The van der Waals surface area contributed by atoms with Crippen molar-refractivity contribution in [1.29, 1.82) is 0 Å². The van der Waals surface area contributed by atoms with Gasteiger partial charge in [0.15, 0.2) is 6.10 Å². The van der Waals surface area contributed by atoms with Crippen LogP contribution in [0.15, 0.2) is 134 Å². The maximum absolute atomic E-state index is 13.0. The fraction of sp³-hybridized carbons (Fsp3) is 0.731. The molecule has 111 heavy (non-hydrogen) atoms. The molecule has 0 fully saturated rings. The number of ether oxygens (including phenoxy) is 3. The Kier molecular flexibility index (Phi) is 81.8. The van der Waals surface area contributed by atoms with Crippen molar-refractivity contribution in [2.24, 2.45) is 0 Å². The van der Waals surface area contributed by atoms with Crippen LogP contribution in [0, 0.1) is 0 Å². The predicted octanol–water partition coefficient (Wildman–Crippen LogP) is 27.0. The summed E-state index contributed by atoms with van der Waals surface area (Å²) < 4.78 is 61.3. The van der Waals surface area contributed by atoms with Gasteiger partial charge in [-0.25, -0.2) is 9.13 Å². The van der Waals surface area contributed by atoms with E-state index in [1.54, 1.807) is 0 Å². The first-order chi connectivity index (χ1) is 54.2. The van der Waals surface area contributed by atoms with E-state index in [9.17, 15) is 43.5 Å². The number of phosphoric ester groups is 2. The molecule has 0 saturated heterocycles. The Morgan fingerprint density at radius 3 is 0.793 bits per heavy atom. The second kappa shape index (κ2) is 85.1. The fourth-order valence-corrected chi connectivity index (χ4v) is 13.7. The molecule has 0 amide bonds. The molecule has 18 heteroatoms.